The summed E-state index contributed by atoms with van der Waals surface area (Å²) in [7, 11) is 0. The van der Waals surface area contributed by atoms with Crippen LogP contribution in [0.5, 0.6) is 0 Å². The summed E-state index contributed by atoms with van der Waals surface area (Å²) < 4.78 is 0. The number of hydrogen-bond donors (Lipinski definition) is 3. The van der Waals surface area contributed by atoms with Crippen LogP contribution in [0.15, 0.2) is 0 Å². The second-order valence-electron chi connectivity index (χ2n) is 7.40. The minimum Gasteiger partial charge on any atom is -0.369 e. The van der Waals surface area contributed by atoms with Gasteiger partial charge in [0.1, 0.15) is 5.78 Å². The standard InChI is InChI=1S/C18H35N7O4/c1-2-15(26)11-22-3-5-23(12-16(19)27)7-9-25(14-18(21)29)10-8-24(6-4-22)13-17(20)28/h2-14H2,1H3,(H2,19,27)(H2,20,28)(H2,21,29). The zero-order valence-corrected chi connectivity index (χ0v) is 17.3. The van der Waals surface area contributed by atoms with E-state index in [2.05, 4.69) is 0 Å². The number of primary amides is 3. The fraction of sp³-hybridized carbons (Fsp3) is 0.778. The van der Waals surface area contributed by atoms with Gasteiger partial charge < -0.3 is 17.2 Å². The van der Waals surface area contributed by atoms with Crippen LogP contribution in [-0.2, 0) is 19.2 Å². The number of ketones is 1. The lowest BCUT2D eigenvalue weighted by Crippen LogP contribution is -2.50. The molecular formula is C18H35N7O4. The zero-order valence-electron chi connectivity index (χ0n) is 17.3. The summed E-state index contributed by atoms with van der Waals surface area (Å²) in [5.41, 5.74) is 16.1. The number of carbonyl (C=O) groups is 4. The van der Waals surface area contributed by atoms with Crippen LogP contribution in [0, 0.1) is 0 Å². The molecule has 0 aliphatic carbocycles. The largest absolute Gasteiger partial charge is 0.369 e. The summed E-state index contributed by atoms with van der Waals surface area (Å²) in [6, 6.07) is 0. The van der Waals surface area contributed by atoms with Crippen molar-refractivity contribution < 1.29 is 19.2 Å². The lowest BCUT2D eigenvalue weighted by atomic mass is 10.2. The van der Waals surface area contributed by atoms with Crippen molar-refractivity contribution in [1.29, 1.82) is 0 Å². The third kappa shape index (κ3) is 11.5. The summed E-state index contributed by atoms with van der Waals surface area (Å²) in [4.78, 5) is 54.0. The van der Waals surface area contributed by atoms with Gasteiger partial charge in [-0.15, -0.1) is 0 Å². The maximum atomic E-state index is 12.0. The average molecular weight is 414 g/mol. The third-order valence-electron chi connectivity index (χ3n) is 4.86. The quantitative estimate of drug-likeness (QED) is 0.353. The molecule has 11 nitrogen and oxygen atoms in total. The minimum atomic E-state index is -0.441. The van der Waals surface area contributed by atoms with Crippen molar-refractivity contribution in [2.75, 3.05) is 78.5 Å². The second-order valence-corrected chi connectivity index (χ2v) is 7.40. The van der Waals surface area contributed by atoms with E-state index in [1.165, 1.54) is 0 Å². The van der Waals surface area contributed by atoms with Gasteiger partial charge in [0.05, 0.1) is 26.2 Å². The molecule has 0 saturated carbocycles. The van der Waals surface area contributed by atoms with Crippen molar-refractivity contribution >= 4 is 23.5 Å². The van der Waals surface area contributed by atoms with Gasteiger partial charge in [0.2, 0.25) is 17.7 Å². The van der Waals surface area contributed by atoms with Crippen LogP contribution < -0.4 is 17.2 Å². The summed E-state index contributed by atoms with van der Waals surface area (Å²) >= 11 is 0. The molecule has 1 rings (SSSR count). The fourth-order valence-corrected chi connectivity index (χ4v) is 3.23. The molecule has 1 saturated heterocycles. The number of rotatable bonds is 9. The Morgan fingerprint density at radius 3 is 1.00 bits per heavy atom. The van der Waals surface area contributed by atoms with Crippen molar-refractivity contribution in [3.8, 4) is 0 Å². The Hall–Kier alpha value is -2.08. The molecule has 0 radical (unpaired) electrons. The molecule has 0 bridgehead atoms. The Labute approximate surface area is 172 Å². The van der Waals surface area contributed by atoms with Gasteiger partial charge in [-0.2, -0.15) is 0 Å². The minimum absolute atomic E-state index is 0.0892. The molecule has 1 aliphatic rings. The molecule has 0 unspecified atom stereocenters. The number of nitrogens with two attached hydrogens (primary N) is 3. The Morgan fingerprint density at radius 1 is 0.552 bits per heavy atom. The zero-order chi connectivity index (χ0) is 21.8. The van der Waals surface area contributed by atoms with Crippen LogP contribution in [0.4, 0.5) is 0 Å². The molecule has 11 heteroatoms. The predicted octanol–water partition coefficient (Wildman–Crippen LogP) is -3.36. The van der Waals surface area contributed by atoms with Gasteiger partial charge in [-0.3, -0.25) is 38.8 Å². The van der Waals surface area contributed by atoms with E-state index in [0.717, 1.165) is 0 Å². The molecule has 1 heterocycles. The number of nitrogens with zero attached hydrogens (tertiary/aromatic N) is 4. The molecule has 0 atom stereocenters. The highest BCUT2D eigenvalue weighted by Crippen LogP contribution is 2.01. The van der Waals surface area contributed by atoms with Gasteiger partial charge in [-0.1, -0.05) is 6.92 Å². The molecule has 0 aromatic carbocycles. The summed E-state index contributed by atoms with van der Waals surface area (Å²) in [6.45, 7) is 6.82. The average Bonchev–Trinajstić information content (AvgIpc) is 2.62. The summed E-state index contributed by atoms with van der Waals surface area (Å²) in [6.07, 6.45) is 0.453. The molecule has 1 fully saturated rings. The lowest BCUT2D eigenvalue weighted by Gasteiger charge is -2.33. The molecule has 29 heavy (non-hydrogen) atoms. The first kappa shape index (κ1) is 25.0. The third-order valence-corrected chi connectivity index (χ3v) is 4.86. The van der Waals surface area contributed by atoms with Gasteiger partial charge in [0.15, 0.2) is 0 Å². The van der Waals surface area contributed by atoms with Gasteiger partial charge in [0.25, 0.3) is 0 Å². The maximum Gasteiger partial charge on any atom is 0.231 e. The molecule has 166 valence electrons. The van der Waals surface area contributed by atoms with Gasteiger partial charge in [-0.05, 0) is 0 Å². The van der Waals surface area contributed by atoms with Crippen molar-refractivity contribution in [2.24, 2.45) is 17.2 Å². The fourth-order valence-electron chi connectivity index (χ4n) is 3.23. The van der Waals surface area contributed by atoms with E-state index in [1.807, 2.05) is 26.5 Å². The molecule has 1 aliphatic heterocycles. The van der Waals surface area contributed by atoms with E-state index < -0.39 is 17.7 Å². The van der Waals surface area contributed by atoms with E-state index in [4.69, 9.17) is 17.2 Å². The smallest absolute Gasteiger partial charge is 0.231 e. The van der Waals surface area contributed by atoms with Crippen LogP contribution in [0.3, 0.4) is 0 Å². The Bertz CT molecular complexity index is 540. The van der Waals surface area contributed by atoms with Crippen molar-refractivity contribution in [2.45, 2.75) is 13.3 Å². The summed E-state index contributed by atoms with van der Waals surface area (Å²) in [5, 5.41) is 0. The van der Waals surface area contributed by atoms with E-state index in [0.29, 0.717) is 65.3 Å². The first-order chi connectivity index (χ1) is 13.7. The molecule has 6 N–H and O–H groups in total. The lowest BCUT2D eigenvalue weighted by molar-refractivity contribution is -0.122. The monoisotopic (exact) mass is 413 g/mol. The number of carbonyl (C=O) groups excluding carboxylic acids is 4. The van der Waals surface area contributed by atoms with Crippen LogP contribution in [0.1, 0.15) is 13.3 Å². The first-order valence-corrected chi connectivity index (χ1v) is 9.95. The van der Waals surface area contributed by atoms with E-state index in [-0.39, 0.29) is 25.4 Å². The highest BCUT2D eigenvalue weighted by molar-refractivity contribution is 5.80. The number of hydrogen-bond acceptors (Lipinski definition) is 8. The first-order valence-electron chi connectivity index (χ1n) is 9.95. The second kappa shape index (κ2) is 13.2. The summed E-state index contributed by atoms with van der Waals surface area (Å²) in [5.74, 6) is -1.17. The van der Waals surface area contributed by atoms with Gasteiger partial charge >= 0.3 is 0 Å². The number of Topliss-reactive ketones (excluding diaryl/α,β-unsaturated/α-hetero) is 1. The topological polar surface area (TPSA) is 159 Å². The van der Waals surface area contributed by atoms with Crippen LogP contribution in [-0.4, -0.2) is 122 Å². The normalized spacial score (nSPS) is 19.2. The Balaban J connectivity index is 2.92. The van der Waals surface area contributed by atoms with Gasteiger partial charge in [-0.25, -0.2) is 0 Å². The number of amides is 3. The van der Waals surface area contributed by atoms with Crippen LogP contribution >= 0.6 is 0 Å². The highest BCUT2D eigenvalue weighted by Gasteiger charge is 2.19. The molecule has 0 aromatic rings. The van der Waals surface area contributed by atoms with E-state index in [1.54, 1.807) is 0 Å². The van der Waals surface area contributed by atoms with Crippen LogP contribution in [0.2, 0.25) is 0 Å². The Morgan fingerprint density at radius 2 is 0.793 bits per heavy atom. The van der Waals surface area contributed by atoms with Gasteiger partial charge in [0, 0.05) is 58.8 Å². The molecular weight excluding hydrogens is 378 g/mol. The van der Waals surface area contributed by atoms with E-state index >= 15 is 0 Å². The molecule has 0 spiro atoms. The van der Waals surface area contributed by atoms with Crippen molar-refractivity contribution in [3.05, 3.63) is 0 Å². The van der Waals surface area contributed by atoms with Crippen molar-refractivity contribution in [1.82, 2.24) is 19.6 Å². The van der Waals surface area contributed by atoms with E-state index in [9.17, 15) is 19.2 Å². The maximum absolute atomic E-state index is 12.0. The van der Waals surface area contributed by atoms with Crippen molar-refractivity contribution in [3.63, 3.8) is 0 Å². The highest BCUT2D eigenvalue weighted by atomic mass is 16.2. The predicted molar refractivity (Wildman–Crippen MR) is 109 cm³/mol. The Kier molecular flexibility index (Phi) is 11.4. The molecule has 3 amide bonds. The molecule has 0 aromatic heterocycles. The van der Waals surface area contributed by atoms with Crippen LogP contribution in [0.25, 0.3) is 0 Å². The SMILES string of the molecule is CCC(=O)CN1CCN(CC(N)=O)CCN(CC(N)=O)CCN(CC(N)=O)CC1.